The molecule has 0 saturated heterocycles. The minimum atomic E-state index is -1.46. The van der Waals surface area contributed by atoms with Gasteiger partial charge in [0, 0.05) is 0 Å². The summed E-state index contributed by atoms with van der Waals surface area (Å²) in [6.45, 7) is 0. The van der Waals surface area contributed by atoms with E-state index in [1.807, 2.05) is 0 Å². The molecule has 0 aromatic heterocycles. The number of hydrogen-bond acceptors (Lipinski definition) is 7. The van der Waals surface area contributed by atoms with Crippen molar-refractivity contribution in [2.75, 3.05) is 21.3 Å². The monoisotopic (exact) mass is 371 g/mol. The Morgan fingerprint density at radius 2 is 1.60 bits per heavy atom. The minimum absolute atomic E-state index is 0.0970. The highest BCUT2D eigenvalue weighted by Gasteiger charge is 2.39. The third-order valence-corrected chi connectivity index (χ3v) is 3.71. The molecule has 1 aromatic carbocycles. The van der Waals surface area contributed by atoms with Crippen molar-refractivity contribution in [3.63, 3.8) is 0 Å². The smallest absolute Gasteiger partial charge is 0.329 e. The van der Waals surface area contributed by atoms with Crippen LogP contribution >= 0.6 is 11.6 Å². The largest absolute Gasteiger partial charge is 0.469 e. The SMILES string of the molecule is COC(=O)C[C@@H](C(=O)OC)[C@H](NC(=O)c1ccccc1Cl)C(=O)OC. The molecule has 1 aromatic rings. The summed E-state index contributed by atoms with van der Waals surface area (Å²) in [7, 11) is 3.31. The first kappa shape index (κ1) is 20.4. The lowest BCUT2D eigenvalue weighted by Gasteiger charge is -2.23. The molecule has 2 atom stereocenters. The molecule has 1 amide bonds. The van der Waals surface area contributed by atoms with Crippen molar-refractivity contribution in [2.45, 2.75) is 12.5 Å². The summed E-state index contributed by atoms with van der Waals surface area (Å²) in [5.41, 5.74) is 0.0970. The molecule has 0 radical (unpaired) electrons. The average Bonchev–Trinajstić information content (AvgIpc) is 2.63. The first-order valence-corrected chi connectivity index (χ1v) is 7.51. The van der Waals surface area contributed by atoms with E-state index in [2.05, 4.69) is 19.5 Å². The molecule has 0 fully saturated rings. The summed E-state index contributed by atoms with van der Waals surface area (Å²) >= 11 is 5.95. The number of halogens is 1. The van der Waals surface area contributed by atoms with Gasteiger partial charge >= 0.3 is 17.9 Å². The quantitative estimate of drug-likeness (QED) is 0.561. The van der Waals surface area contributed by atoms with Crippen molar-refractivity contribution >= 4 is 35.4 Å². The molecule has 8 nitrogen and oxygen atoms in total. The van der Waals surface area contributed by atoms with Gasteiger partial charge in [0.05, 0.1) is 44.3 Å². The Morgan fingerprint density at radius 1 is 1.00 bits per heavy atom. The summed E-state index contributed by atoms with van der Waals surface area (Å²) in [6, 6.07) is 4.70. The fraction of sp³-hybridized carbons (Fsp3) is 0.375. The number of benzene rings is 1. The zero-order valence-electron chi connectivity index (χ0n) is 13.9. The Bertz CT molecular complexity index is 662. The molecule has 0 heterocycles. The molecule has 0 bridgehead atoms. The fourth-order valence-corrected chi connectivity index (χ4v) is 2.29. The van der Waals surface area contributed by atoms with Gasteiger partial charge in [-0.15, -0.1) is 0 Å². The molecule has 0 unspecified atom stereocenters. The Labute approximate surface area is 149 Å². The maximum absolute atomic E-state index is 12.4. The highest BCUT2D eigenvalue weighted by atomic mass is 35.5. The van der Waals surface area contributed by atoms with Gasteiger partial charge in [-0.25, -0.2) is 4.79 Å². The molecule has 0 aliphatic carbocycles. The summed E-state index contributed by atoms with van der Waals surface area (Å²) < 4.78 is 13.8. The average molecular weight is 372 g/mol. The first-order chi connectivity index (χ1) is 11.8. The van der Waals surface area contributed by atoms with E-state index >= 15 is 0 Å². The van der Waals surface area contributed by atoms with Crippen molar-refractivity contribution < 1.29 is 33.4 Å². The molecule has 0 spiro atoms. The Kier molecular flexibility index (Phi) is 7.87. The van der Waals surface area contributed by atoms with Crippen molar-refractivity contribution in [1.29, 1.82) is 0 Å². The maximum Gasteiger partial charge on any atom is 0.329 e. The van der Waals surface area contributed by atoms with Crippen molar-refractivity contribution in [3.05, 3.63) is 34.9 Å². The molecule has 9 heteroatoms. The molecule has 1 rings (SSSR count). The summed E-state index contributed by atoms with van der Waals surface area (Å²) in [5, 5.41) is 2.52. The number of nitrogens with one attached hydrogen (secondary N) is 1. The standard InChI is InChI=1S/C16H18ClNO7/c1-23-12(19)8-10(15(21)24-2)13(16(22)25-3)18-14(20)9-6-4-5-7-11(9)17/h4-7,10,13H,8H2,1-3H3,(H,18,20)/t10-,13+/m1/s1. The van der Waals surface area contributed by atoms with Gasteiger partial charge in [-0.3, -0.25) is 14.4 Å². The van der Waals surface area contributed by atoms with E-state index in [4.69, 9.17) is 11.6 Å². The molecular formula is C16H18ClNO7. The van der Waals surface area contributed by atoms with Crippen LogP contribution in [0.15, 0.2) is 24.3 Å². The number of carbonyl (C=O) groups excluding carboxylic acids is 4. The zero-order chi connectivity index (χ0) is 19.0. The van der Waals surface area contributed by atoms with E-state index in [-0.39, 0.29) is 10.6 Å². The van der Waals surface area contributed by atoms with Gasteiger partial charge in [-0.1, -0.05) is 23.7 Å². The zero-order valence-corrected chi connectivity index (χ0v) is 14.7. The van der Waals surface area contributed by atoms with Gasteiger partial charge in [-0.2, -0.15) is 0 Å². The van der Waals surface area contributed by atoms with E-state index in [9.17, 15) is 19.2 Å². The van der Waals surface area contributed by atoms with Crippen LogP contribution in [0.3, 0.4) is 0 Å². The number of rotatable bonds is 7. The summed E-state index contributed by atoms with van der Waals surface area (Å²) in [5.74, 6) is -4.58. The van der Waals surface area contributed by atoms with E-state index in [0.717, 1.165) is 21.3 Å². The van der Waals surface area contributed by atoms with E-state index < -0.39 is 42.2 Å². The molecule has 0 saturated carbocycles. The van der Waals surface area contributed by atoms with Crippen LogP contribution < -0.4 is 5.32 Å². The van der Waals surface area contributed by atoms with Crippen molar-refractivity contribution in [1.82, 2.24) is 5.32 Å². The number of carbonyl (C=O) groups is 4. The maximum atomic E-state index is 12.4. The minimum Gasteiger partial charge on any atom is -0.469 e. The van der Waals surface area contributed by atoms with E-state index in [1.165, 1.54) is 12.1 Å². The molecule has 136 valence electrons. The van der Waals surface area contributed by atoms with Gasteiger partial charge in [0.25, 0.3) is 5.91 Å². The van der Waals surface area contributed by atoms with Crippen LogP contribution in [0.2, 0.25) is 5.02 Å². The third-order valence-electron chi connectivity index (χ3n) is 3.38. The van der Waals surface area contributed by atoms with Gasteiger partial charge in [0.15, 0.2) is 0 Å². The Hall–Kier alpha value is -2.61. The first-order valence-electron chi connectivity index (χ1n) is 7.13. The van der Waals surface area contributed by atoms with E-state index in [0.29, 0.717) is 0 Å². The molecule has 0 aliphatic heterocycles. The second kappa shape index (κ2) is 9.63. The summed E-state index contributed by atoms with van der Waals surface area (Å²) in [4.78, 5) is 48.0. The summed E-state index contributed by atoms with van der Waals surface area (Å²) in [6.07, 6.45) is -0.480. The lowest BCUT2D eigenvalue weighted by atomic mass is 9.95. The number of hydrogen-bond donors (Lipinski definition) is 1. The van der Waals surface area contributed by atoms with Crippen LogP contribution in [-0.2, 0) is 28.6 Å². The highest BCUT2D eigenvalue weighted by molar-refractivity contribution is 6.33. The van der Waals surface area contributed by atoms with Crippen LogP contribution in [0.4, 0.5) is 0 Å². The lowest BCUT2D eigenvalue weighted by molar-refractivity contribution is -0.158. The highest BCUT2D eigenvalue weighted by Crippen LogP contribution is 2.18. The molecule has 0 aliphatic rings. The van der Waals surface area contributed by atoms with Crippen LogP contribution in [0.25, 0.3) is 0 Å². The second-order valence-corrected chi connectivity index (χ2v) is 5.27. The normalized spacial score (nSPS) is 12.5. The number of methoxy groups -OCH3 is 3. The topological polar surface area (TPSA) is 108 Å². The van der Waals surface area contributed by atoms with Crippen LogP contribution in [0, 0.1) is 5.92 Å². The number of ether oxygens (including phenoxy) is 3. The molecular weight excluding hydrogens is 354 g/mol. The number of amides is 1. The predicted molar refractivity (Wildman–Crippen MR) is 86.9 cm³/mol. The van der Waals surface area contributed by atoms with Gasteiger partial charge in [-0.05, 0) is 12.1 Å². The van der Waals surface area contributed by atoms with Gasteiger partial charge in [0.2, 0.25) is 0 Å². The van der Waals surface area contributed by atoms with Crippen LogP contribution in [0.1, 0.15) is 16.8 Å². The predicted octanol–water partition coefficient (Wildman–Crippen LogP) is 0.964. The van der Waals surface area contributed by atoms with Crippen LogP contribution in [0.5, 0.6) is 0 Å². The van der Waals surface area contributed by atoms with E-state index in [1.54, 1.807) is 12.1 Å². The Morgan fingerprint density at radius 3 is 2.12 bits per heavy atom. The second-order valence-electron chi connectivity index (χ2n) is 4.86. The van der Waals surface area contributed by atoms with Gasteiger partial charge in [0.1, 0.15) is 6.04 Å². The molecule has 25 heavy (non-hydrogen) atoms. The third kappa shape index (κ3) is 5.46. The van der Waals surface area contributed by atoms with Crippen molar-refractivity contribution in [2.24, 2.45) is 5.92 Å². The number of esters is 3. The van der Waals surface area contributed by atoms with Crippen LogP contribution in [-0.4, -0.2) is 51.2 Å². The molecule has 1 N–H and O–H groups in total. The Balaban J connectivity index is 3.14. The van der Waals surface area contributed by atoms with Crippen molar-refractivity contribution in [3.8, 4) is 0 Å². The van der Waals surface area contributed by atoms with Gasteiger partial charge < -0.3 is 19.5 Å². The lowest BCUT2D eigenvalue weighted by Crippen LogP contribution is -2.50. The fourth-order valence-electron chi connectivity index (χ4n) is 2.07.